The maximum absolute atomic E-state index is 11.2. The van der Waals surface area contributed by atoms with E-state index in [1.807, 2.05) is 0 Å². The first kappa shape index (κ1) is 8.46. The van der Waals surface area contributed by atoms with Crippen LogP contribution >= 0.6 is 0 Å². The van der Waals surface area contributed by atoms with Gasteiger partial charge in [0.25, 0.3) is 5.91 Å². The number of nitrogens with zero attached hydrogens (tertiary/aromatic N) is 1. The lowest BCUT2D eigenvalue weighted by atomic mass is 10.3. The number of nitrogens with one attached hydrogen (secondary N) is 1. The number of rotatable bonds is 3. The van der Waals surface area contributed by atoms with Crippen LogP contribution in [0.25, 0.3) is 0 Å². The second-order valence-corrected chi connectivity index (χ2v) is 2.16. The largest absolute Gasteiger partial charge is 0.349 e. The van der Waals surface area contributed by atoms with Crippen LogP contribution in [0.2, 0.25) is 0 Å². The zero-order valence-corrected chi connectivity index (χ0v) is 6.58. The minimum atomic E-state index is -0.178. The van der Waals surface area contributed by atoms with Crippen LogP contribution in [0.5, 0.6) is 0 Å². The first-order chi connectivity index (χ1) is 5.84. The van der Waals surface area contributed by atoms with E-state index in [4.69, 9.17) is 0 Å². The van der Waals surface area contributed by atoms with Gasteiger partial charge in [-0.25, -0.2) is 0 Å². The molecule has 1 aromatic rings. The van der Waals surface area contributed by atoms with E-state index in [2.05, 4.69) is 23.1 Å². The van der Waals surface area contributed by atoms with Crippen LogP contribution in [0.1, 0.15) is 10.4 Å². The Morgan fingerprint density at radius 3 is 3.25 bits per heavy atom. The Morgan fingerprint density at radius 2 is 2.67 bits per heavy atom. The van der Waals surface area contributed by atoms with E-state index in [0.29, 0.717) is 12.1 Å². The fourth-order valence-corrected chi connectivity index (χ4v) is 0.713. The second kappa shape index (κ2) is 4.28. The molecule has 1 rings (SSSR count). The summed E-state index contributed by atoms with van der Waals surface area (Å²) in [5.74, 6) is -0.178. The van der Waals surface area contributed by atoms with Crippen molar-refractivity contribution in [3.63, 3.8) is 0 Å². The Morgan fingerprint density at radius 1 is 1.83 bits per heavy atom. The number of aromatic nitrogens is 1. The van der Waals surface area contributed by atoms with Gasteiger partial charge >= 0.3 is 0 Å². The molecule has 3 nitrogen and oxygen atoms in total. The van der Waals surface area contributed by atoms with Crippen LogP contribution < -0.4 is 5.32 Å². The fraction of sp³-hybridized carbons (Fsp3) is 0.111. The van der Waals surface area contributed by atoms with Gasteiger partial charge in [0.15, 0.2) is 0 Å². The van der Waals surface area contributed by atoms with Crippen molar-refractivity contribution in [1.29, 1.82) is 0 Å². The van der Waals surface area contributed by atoms with E-state index in [1.165, 1.54) is 0 Å². The molecule has 1 radical (unpaired) electrons. The third kappa shape index (κ3) is 2.20. The molecular formula is C9H9N2O. The highest BCUT2D eigenvalue weighted by Crippen LogP contribution is 1.93. The summed E-state index contributed by atoms with van der Waals surface area (Å²) >= 11 is 0. The van der Waals surface area contributed by atoms with Crippen LogP contribution in [0.3, 0.4) is 0 Å². The second-order valence-electron chi connectivity index (χ2n) is 2.16. The van der Waals surface area contributed by atoms with E-state index in [1.54, 1.807) is 24.4 Å². The van der Waals surface area contributed by atoms with Gasteiger partial charge in [-0.05, 0) is 12.1 Å². The topological polar surface area (TPSA) is 42.0 Å². The molecule has 0 saturated heterocycles. The lowest BCUT2D eigenvalue weighted by molar-refractivity contribution is 0.0957. The monoisotopic (exact) mass is 161 g/mol. The molecule has 0 spiro atoms. The first-order valence-corrected chi connectivity index (χ1v) is 3.56. The van der Waals surface area contributed by atoms with Crippen molar-refractivity contribution >= 4 is 5.91 Å². The molecule has 0 aliphatic rings. The average molecular weight is 161 g/mol. The molecule has 0 aliphatic heterocycles. The van der Waals surface area contributed by atoms with Crippen LogP contribution in [0.15, 0.2) is 31.0 Å². The molecule has 12 heavy (non-hydrogen) atoms. The van der Waals surface area contributed by atoms with Crippen LogP contribution in [-0.4, -0.2) is 17.4 Å². The molecule has 0 aliphatic carbocycles. The van der Waals surface area contributed by atoms with Crippen LogP contribution in [-0.2, 0) is 0 Å². The summed E-state index contributed by atoms with van der Waals surface area (Å²) in [4.78, 5) is 14.9. The summed E-state index contributed by atoms with van der Waals surface area (Å²) in [6.45, 7) is 3.95. The predicted molar refractivity (Wildman–Crippen MR) is 45.6 cm³/mol. The predicted octanol–water partition coefficient (Wildman–Crippen LogP) is 0.798. The summed E-state index contributed by atoms with van der Waals surface area (Å²) in [6.07, 6.45) is 5.77. The quantitative estimate of drug-likeness (QED) is 0.666. The van der Waals surface area contributed by atoms with Crippen molar-refractivity contribution in [2.75, 3.05) is 6.54 Å². The summed E-state index contributed by atoms with van der Waals surface area (Å²) < 4.78 is 0. The smallest absolute Gasteiger partial charge is 0.253 e. The summed E-state index contributed by atoms with van der Waals surface area (Å²) in [7, 11) is 0. The molecule has 1 amide bonds. The van der Waals surface area contributed by atoms with Gasteiger partial charge in [0, 0.05) is 12.7 Å². The van der Waals surface area contributed by atoms with Crippen molar-refractivity contribution < 1.29 is 4.79 Å². The lowest BCUT2D eigenvalue weighted by Crippen LogP contribution is -2.23. The molecule has 61 valence electrons. The molecule has 1 heterocycles. The highest BCUT2D eigenvalue weighted by atomic mass is 16.1. The van der Waals surface area contributed by atoms with Crippen molar-refractivity contribution in [3.05, 3.63) is 42.7 Å². The molecule has 3 heteroatoms. The highest BCUT2D eigenvalue weighted by Gasteiger charge is 2.02. The number of hydrogen-bond acceptors (Lipinski definition) is 2. The Balaban J connectivity index is 2.59. The maximum Gasteiger partial charge on any atom is 0.253 e. The summed E-state index contributed by atoms with van der Waals surface area (Å²) in [5, 5.41) is 2.62. The first-order valence-electron chi connectivity index (χ1n) is 3.56. The summed E-state index contributed by atoms with van der Waals surface area (Å²) in [5.41, 5.74) is 0.444. The SMILES string of the molecule is C=CCNC(=O)c1[c]nccc1. The van der Waals surface area contributed by atoms with E-state index in [9.17, 15) is 4.79 Å². The van der Waals surface area contributed by atoms with E-state index >= 15 is 0 Å². The zero-order chi connectivity index (χ0) is 8.81. The summed E-state index contributed by atoms with van der Waals surface area (Å²) in [6, 6.07) is 3.35. The lowest BCUT2D eigenvalue weighted by Gasteiger charge is -1.99. The molecule has 0 unspecified atom stereocenters. The van der Waals surface area contributed by atoms with E-state index in [-0.39, 0.29) is 5.91 Å². The van der Waals surface area contributed by atoms with Gasteiger partial charge in [-0.1, -0.05) is 6.08 Å². The van der Waals surface area contributed by atoms with Gasteiger partial charge in [0.2, 0.25) is 0 Å². The van der Waals surface area contributed by atoms with Crippen LogP contribution in [0.4, 0.5) is 0 Å². The van der Waals surface area contributed by atoms with Gasteiger partial charge in [-0.15, -0.1) is 6.58 Å². The molecule has 0 saturated carbocycles. The fourth-order valence-electron chi connectivity index (χ4n) is 0.713. The van der Waals surface area contributed by atoms with E-state index in [0.717, 1.165) is 0 Å². The molecule has 0 bridgehead atoms. The Kier molecular flexibility index (Phi) is 3.02. The number of carbonyl (C=O) groups is 1. The molecule has 0 atom stereocenters. The number of pyridine rings is 1. The van der Waals surface area contributed by atoms with Gasteiger partial charge in [-0.2, -0.15) is 0 Å². The van der Waals surface area contributed by atoms with E-state index < -0.39 is 0 Å². The minimum absolute atomic E-state index is 0.178. The van der Waals surface area contributed by atoms with Crippen LogP contribution in [0, 0.1) is 6.20 Å². The third-order valence-electron chi connectivity index (χ3n) is 1.26. The van der Waals surface area contributed by atoms with Gasteiger partial charge in [0.05, 0.1) is 5.56 Å². The number of hydrogen-bond donors (Lipinski definition) is 1. The van der Waals surface area contributed by atoms with Crippen molar-refractivity contribution in [2.24, 2.45) is 0 Å². The standard InChI is InChI=1S/C9H9N2O/c1-2-5-11-9(12)8-4-3-6-10-7-8/h2-4,6H,1,5H2,(H,11,12). The Labute approximate surface area is 71.1 Å². The van der Waals surface area contributed by atoms with Crippen molar-refractivity contribution in [3.8, 4) is 0 Å². The molecular weight excluding hydrogens is 152 g/mol. The van der Waals surface area contributed by atoms with Gasteiger partial charge in [0.1, 0.15) is 6.20 Å². The minimum Gasteiger partial charge on any atom is -0.349 e. The number of carbonyl (C=O) groups excluding carboxylic acids is 1. The molecule has 1 aromatic heterocycles. The zero-order valence-electron chi connectivity index (χ0n) is 6.58. The molecule has 0 fully saturated rings. The Bertz CT molecular complexity index is 269. The average Bonchev–Trinajstić information content (AvgIpc) is 2.15. The van der Waals surface area contributed by atoms with Crippen molar-refractivity contribution in [1.82, 2.24) is 10.3 Å². The Hall–Kier alpha value is -1.64. The normalized spacial score (nSPS) is 9.00. The molecule has 1 N–H and O–H groups in total. The highest BCUT2D eigenvalue weighted by molar-refractivity contribution is 5.93. The van der Waals surface area contributed by atoms with Gasteiger partial charge < -0.3 is 5.32 Å². The van der Waals surface area contributed by atoms with Gasteiger partial charge in [-0.3, -0.25) is 9.78 Å². The number of amides is 1. The maximum atomic E-state index is 11.2. The molecule has 0 aromatic carbocycles. The third-order valence-corrected chi connectivity index (χ3v) is 1.26. The van der Waals surface area contributed by atoms with Crippen molar-refractivity contribution in [2.45, 2.75) is 0 Å².